The maximum atomic E-state index is 10.8. The van der Waals surface area contributed by atoms with Crippen LogP contribution in [-0.2, 0) is 9.59 Å². The number of aliphatic carboxylic acids is 2. The van der Waals surface area contributed by atoms with Gasteiger partial charge in [-0.05, 0) is 18.6 Å². The quantitative estimate of drug-likeness (QED) is 0.682. The minimum Gasteiger partial charge on any atom is -0.479 e. The monoisotopic (exact) mass is 240 g/mol. The SMILES string of the molecule is Cc1ccccc1OC(C(=O)O)C(O)C(=O)O. The second-order valence-corrected chi connectivity index (χ2v) is 3.43. The zero-order valence-corrected chi connectivity index (χ0v) is 9.03. The third kappa shape index (κ3) is 3.18. The van der Waals surface area contributed by atoms with Crippen LogP contribution in [0, 0.1) is 6.92 Å². The van der Waals surface area contributed by atoms with Crippen LogP contribution in [0.15, 0.2) is 24.3 Å². The predicted octanol–water partition coefficient (Wildman–Crippen LogP) is 0.273. The molecule has 1 rings (SSSR count). The number of carboxylic acids is 2. The Morgan fingerprint density at radius 3 is 2.24 bits per heavy atom. The maximum absolute atomic E-state index is 10.8. The van der Waals surface area contributed by atoms with Crippen molar-refractivity contribution >= 4 is 11.9 Å². The fourth-order valence-corrected chi connectivity index (χ4v) is 1.20. The van der Waals surface area contributed by atoms with Gasteiger partial charge in [0.25, 0.3) is 0 Å². The number of carboxylic acid groups (broad SMARTS) is 2. The van der Waals surface area contributed by atoms with Gasteiger partial charge in [-0.1, -0.05) is 18.2 Å². The van der Waals surface area contributed by atoms with Crippen LogP contribution in [0.3, 0.4) is 0 Å². The lowest BCUT2D eigenvalue weighted by Crippen LogP contribution is -2.43. The van der Waals surface area contributed by atoms with Gasteiger partial charge in [0.15, 0.2) is 6.10 Å². The minimum absolute atomic E-state index is 0.222. The molecular weight excluding hydrogens is 228 g/mol. The summed E-state index contributed by atoms with van der Waals surface area (Å²) in [5.74, 6) is -2.96. The van der Waals surface area contributed by atoms with Crippen molar-refractivity contribution in [2.45, 2.75) is 19.1 Å². The van der Waals surface area contributed by atoms with Crippen LogP contribution in [0.5, 0.6) is 5.75 Å². The largest absolute Gasteiger partial charge is 0.479 e. The van der Waals surface area contributed by atoms with E-state index in [2.05, 4.69) is 0 Å². The van der Waals surface area contributed by atoms with E-state index in [0.29, 0.717) is 5.56 Å². The molecule has 0 aliphatic rings. The number of para-hydroxylation sites is 1. The van der Waals surface area contributed by atoms with E-state index in [0.717, 1.165) is 0 Å². The van der Waals surface area contributed by atoms with E-state index in [9.17, 15) is 14.7 Å². The molecule has 17 heavy (non-hydrogen) atoms. The first kappa shape index (κ1) is 13.0. The molecule has 0 saturated heterocycles. The van der Waals surface area contributed by atoms with E-state index >= 15 is 0 Å². The molecule has 3 N–H and O–H groups in total. The molecule has 0 bridgehead atoms. The van der Waals surface area contributed by atoms with Crippen LogP contribution < -0.4 is 4.74 Å². The Labute approximate surface area is 97.1 Å². The predicted molar refractivity (Wildman–Crippen MR) is 56.9 cm³/mol. The molecule has 92 valence electrons. The van der Waals surface area contributed by atoms with Crippen LogP contribution in [0.25, 0.3) is 0 Å². The molecule has 0 fully saturated rings. The molecule has 1 aromatic rings. The highest BCUT2D eigenvalue weighted by molar-refractivity contribution is 5.83. The van der Waals surface area contributed by atoms with E-state index in [1.807, 2.05) is 0 Å². The zero-order valence-electron chi connectivity index (χ0n) is 9.03. The van der Waals surface area contributed by atoms with Crippen LogP contribution in [-0.4, -0.2) is 39.5 Å². The Balaban J connectivity index is 2.92. The molecule has 0 aromatic heterocycles. The van der Waals surface area contributed by atoms with Gasteiger partial charge in [0.1, 0.15) is 5.75 Å². The standard InChI is InChI=1S/C11H12O6/c1-6-4-2-3-5-7(6)17-9(11(15)16)8(12)10(13)14/h2-5,8-9,12H,1H3,(H,13,14)(H,15,16). The van der Waals surface area contributed by atoms with E-state index in [1.165, 1.54) is 6.07 Å². The van der Waals surface area contributed by atoms with Gasteiger partial charge in [0.2, 0.25) is 6.10 Å². The van der Waals surface area contributed by atoms with Gasteiger partial charge >= 0.3 is 11.9 Å². The van der Waals surface area contributed by atoms with Crippen molar-refractivity contribution in [1.29, 1.82) is 0 Å². The molecule has 2 atom stereocenters. The highest BCUT2D eigenvalue weighted by Gasteiger charge is 2.34. The summed E-state index contributed by atoms with van der Waals surface area (Å²) in [6.45, 7) is 1.68. The summed E-state index contributed by atoms with van der Waals surface area (Å²) in [6.07, 6.45) is -3.96. The van der Waals surface area contributed by atoms with Gasteiger partial charge in [0.05, 0.1) is 0 Å². The smallest absolute Gasteiger partial charge is 0.348 e. The zero-order chi connectivity index (χ0) is 13.0. The highest BCUT2D eigenvalue weighted by Crippen LogP contribution is 2.19. The average Bonchev–Trinajstić information content (AvgIpc) is 2.26. The van der Waals surface area contributed by atoms with E-state index in [1.54, 1.807) is 25.1 Å². The van der Waals surface area contributed by atoms with Crippen molar-refractivity contribution in [2.75, 3.05) is 0 Å². The molecule has 0 heterocycles. The number of carbonyl (C=O) groups is 2. The minimum atomic E-state index is -2.12. The van der Waals surface area contributed by atoms with Crippen molar-refractivity contribution in [2.24, 2.45) is 0 Å². The van der Waals surface area contributed by atoms with Gasteiger partial charge in [-0.15, -0.1) is 0 Å². The van der Waals surface area contributed by atoms with Crippen molar-refractivity contribution in [3.8, 4) is 5.75 Å². The number of ether oxygens (including phenoxy) is 1. The van der Waals surface area contributed by atoms with Gasteiger partial charge < -0.3 is 20.1 Å². The third-order valence-corrected chi connectivity index (χ3v) is 2.13. The van der Waals surface area contributed by atoms with E-state index < -0.39 is 24.1 Å². The van der Waals surface area contributed by atoms with Crippen LogP contribution in [0.1, 0.15) is 5.56 Å². The summed E-state index contributed by atoms with van der Waals surface area (Å²) in [4.78, 5) is 21.3. The lowest BCUT2D eigenvalue weighted by molar-refractivity contribution is -0.163. The molecule has 0 amide bonds. The van der Waals surface area contributed by atoms with Gasteiger partial charge in [-0.25, -0.2) is 9.59 Å². The lowest BCUT2D eigenvalue weighted by Gasteiger charge is -2.18. The number of aliphatic hydroxyl groups is 1. The molecule has 1 aromatic carbocycles. The molecular formula is C11H12O6. The maximum Gasteiger partial charge on any atom is 0.348 e. The molecule has 6 nitrogen and oxygen atoms in total. The number of aliphatic hydroxyl groups excluding tert-OH is 1. The Morgan fingerprint density at radius 2 is 1.76 bits per heavy atom. The average molecular weight is 240 g/mol. The second kappa shape index (κ2) is 5.31. The number of hydrogen-bond donors (Lipinski definition) is 3. The summed E-state index contributed by atoms with van der Waals surface area (Å²) in [5.41, 5.74) is 0.649. The van der Waals surface area contributed by atoms with Crippen LogP contribution in [0.2, 0.25) is 0 Å². The fourth-order valence-electron chi connectivity index (χ4n) is 1.20. The van der Waals surface area contributed by atoms with Crippen molar-refractivity contribution in [1.82, 2.24) is 0 Å². The van der Waals surface area contributed by atoms with E-state index in [4.69, 9.17) is 14.9 Å². The molecule has 0 aliphatic carbocycles. The number of hydrogen-bond acceptors (Lipinski definition) is 4. The topological polar surface area (TPSA) is 104 Å². The lowest BCUT2D eigenvalue weighted by atomic mass is 10.2. The van der Waals surface area contributed by atoms with Crippen molar-refractivity contribution in [3.05, 3.63) is 29.8 Å². The first-order chi connectivity index (χ1) is 7.93. The Hall–Kier alpha value is -2.08. The third-order valence-electron chi connectivity index (χ3n) is 2.13. The first-order valence-corrected chi connectivity index (χ1v) is 4.79. The summed E-state index contributed by atoms with van der Waals surface area (Å²) in [7, 11) is 0. The van der Waals surface area contributed by atoms with Gasteiger partial charge in [0, 0.05) is 0 Å². The second-order valence-electron chi connectivity index (χ2n) is 3.43. The van der Waals surface area contributed by atoms with Crippen LogP contribution in [0.4, 0.5) is 0 Å². The molecule has 0 aliphatic heterocycles. The Morgan fingerprint density at radius 1 is 1.18 bits per heavy atom. The molecule has 0 radical (unpaired) electrons. The summed E-state index contributed by atoms with van der Waals surface area (Å²) < 4.78 is 5.00. The Kier molecular flexibility index (Phi) is 4.06. The van der Waals surface area contributed by atoms with Crippen LogP contribution >= 0.6 is 0 Å². The van der Waals surface area contributed by atoms with E-state index in [-0.39, 0.29) is 5.75 Å². The Bertz CT molecular complexity index is 428. The molecule has 6 heteroatoms. The number of aryl methyl sites for hydroxylation is 1. The number of rotatable bonds is 5. The molecule has 0 spiro atoms. The van der Waals surface area contributed by atoms with Gasteiger partial charge in [-0.3, -0.25) is 0 Å². The number of benzene rings is 1. The molecule has 2 unspecified atom stereocenters. The highest BCUT2D eigenvalue weighted by atomic mass is 16.5. The normalized spacial score (nSPS) is 13.8. The van der Waals surface area contributed by atoms with Gasteiger partial charge in [-0.2, -0.15) is 0 Å². The first-order valence-electron chi connectivity index (χ1n) is 4.79. The fraction of sp³-hybridized carbons (Fsp3) is 0.273. The van der Waals surface area contributed by atoms with Crippen molar-refractivity contribution < 1.29 is 29.6 Å². The van der Waals surface area contributed by atoms with Crippen molar-refractivity contribution in [3.63, 3.8) is 0 Å². The summed E-state index contributed by atoms with van der Waals surface area (Å²) in [6, 6.07) is 6.53. The summed E-state index contributed by atoms with van der Waals surface area (Å²) >= 11 is 0. The summed E-state index contributed by atoms with van der Waals surface area (Å²) in [5, 5.41) is 26.6. The molecule has 0 saturated carbocycles.